The van der Waals surface area contributed by atoms with Crippen LogP contribution in [0.4, 0.5) is 5.13 Å². The normalized spacial score (nSPS) is 17.8. The van der Waals surface area contributed by atoms with E-state index in [1.807, 2.05) is 6.08 Å². The van der Waals surface area contributed by atoms with Crippen LogP contribution >= 0.6 is 11.3 Å². The number of nitrogens with zero attached hydrogens (tertiary/aromatic N) is 1. The lowest BCUT2D eigenvalue weighted by atomic mass is 9.94. The summed E-state index contributed by atoms with van der Waals surface area (Å²) in [5.74, 6) is -0.267. The Morgan fingerprint density at radius 1 is 1.50 bits per heavy atom. The van der Waals surface area contributed by atoms with E-state index in [0.717, 1.165) is 19.3 Å². The highest BCUT2D eigenvalue weighted by Crippen LogP contribution is 2.22. The quantitative estimate of drug-likeness (QED) is 0.669. The molecule has 0 fully saturated rings. The number of amides is 1. The van der Waals surface area contributed by atoms with Crippen LogP contribution in [0.2, 0.25) is 0 Å². The molecule has 0 spiro atoms. The Balaban J connectivity index is 1.87. The molecule has 6 heteroatoms. The summed E-state index contributed by atoms with van der Waals surface area (Å²) in [7, 11) is 0. The monoisotopic (exact) mass is 294 g/mol. The van der Waals surface area contributed by atoms with Gasteiger partial charge in [-0.15, -0.1) is 11.3 Å². The van der Waals surface area contributed by atoms with E-state index in [1.165, 1.54) is 11.3 Å². The number of nitrogens with one attached hydrogen (secondary N) is 1. The molecule has 108 valence electrons. The van der Waals surface area contributed by atoms with Gasteiger partial charge in [-0.1, -0.05) is 12.2 Å². The van der Waals surface area contributed by atoms with Crippen molar-refractivity contribution >= 4 is 28.3 Å². The zero-order valence-corrected chi connectivity index (χ0v) is 12.2. The Hall–Kier alpha value is -1.69. The number of esters is 1. The minimum atomic E-state index is -0.298. The third kappa shape index (κ3) is 4.16. The minimum Gasteiger partial charge on any atom is -0.466 e. The van der Waals surface area contributed by atoms with Crippen molar-refractivity contribution in [2.75, 3.05) is 11.9 Å². The van der Waals surface area contributed by atoms with Crippen molar-refractivity contribution in [1.29, 1.82) is 0 Å². The molecule has 1 aromatic heterocycles. The molecule has 0 aliphatic heterocycles. The Morgan fingerprint density at radius 2 is 2.35 bits per heavy atom. The van der Waals surface area contributed by atoms with Gasteiger partial charge in [0.15, 0.2) is 5.13 Å². The second-order valence-electron chi connectivity index (χ2n) is 4.60. The predicted octanol–water partition coefficient (Wildman–Crippen LogP) is 2.54. The molecule has 1 aromatic rings. The molecule has 1 aliphatic rings. The molecule has 5 nitrogen and oxygen atoms in total. The van der Waals surface area contributed by atoms with Crippen LogP contribution in [0.3, 0.4) is 0 Å². The molecule has 1 amide bonds. The molecule has 0 aromatic carbocycles. The predicted molar refractivity (Wildman–Crippen MR) is 77.6 cm³/mol. The van der Waals surface area contributed by atoms with E-state index in [9.17, 15) is 9.59 Å². The largest absolute Gasteiger partial charge is 0.466 e. The highest BCUT2D eigenvalue weighted by Gasteiger charge is 2.19. The molecular formula is C14H18N2O3S. The van der Waals surface area contributed by atoms with Crippen molar-refractivity contribution < 1.29 is 14.3 Å². The highest BCUT2D eigenvalue weighted by atomic mass is 32.1. The number of hydrogen-bond acceptors (Lipinski definition) is 5. The van der Waals surface area contributed by atoms with Crippen LogP contribution in [-0.4, -0.2) is 23.5 Å². The van der Waals surface area contributed by atoms with Gasteiger partial charge in [-0.3, -0.25) is 9.59 Å². The average Bonchev–Trinajstić information content (AvgIpc) is 2.87. The molecule has 20 heavy (non-hydrogen) atoms. The molecule has 1 atom stereocenters. The zero-order valence-electron chi connectivity index (χ0n) is 11.4. The first-order chi connectivity index (χ1) is 9.69. The Kier molecular flexibility index (Phi) is 5.29. The maximum atomic E-state index is 12.0. The molecular weight excluding hydrogens is 276 g/mol. The number of anilines is 1. The van der Waals surface area contributed by atoms with Gasteiger partial charge in [0, 0.05) is 11.3 Å². The van der Waals surface area contributed by atoms with Crippen LogP contribution in [0.15, 0.2) is 17.5 Å². The van der Waals surface area contributed by atoms with Gasteiger partial charge >= 0.3 is 5.97 Å². The number of aromatic nitrogens is 1. The van der Waals surface area contributed by atoms with Gasteiger partial charge < -0.3 is 10.1 Å². The number of rotatable bonds is 5. The summed E-state index contributed by atoms with van der Waals surface area (Å²) < 4.78 is 4.86. The molecule has 1 heterocycles. The van der Waals surface area contributed by atoms with Gasteiger partial charge in [0.2, 0.25) is 5.91 Å². The number of allylic oxidation sites excluding steroid dienone is 2. The molecule has 2 rings (SSSR count). The van der Waals surface area contributed by atoms with Gasteiger partial charge in [-0.25, -0.2) is 4.98 Å². The van der Waals surface area contributed by atoms with Crippen LogP contribution in [0.5, 0.6) is 0 Å². The first-order valence-electron chi connectivity index (χ1n) is 6.75. The molecule has 0 saturated heterocycles. The SMILES string of the molecule is CCOC(=O)Cc1csc(NC(=O)[C@@H]2CC=CCC2)n1. The summed E-state index contributed by atoms with van der Waals surface area (Å²) in [6.45, 7) is 2.13. The van der Waals surface area contributed by atoms with Crippen molar-refractivity contribution in [1.82, 2.24) is 4.98 Å². The standard InChI is InChI=1S/C14H18N2O3S/c1-2-19-12(17)8-11-9-20-14(15-11)16-13(18)10-6-4-3-5-7-10/h3-4,9-10H,2,5-8H2,1H3,(H,15,16,18)/t10-/m1/s1. The Bertz CT molecular complexity index is 510. The van der Waals surface area contributed by atoms with E-state index < -0.39 is 0 Å². The third-order valence-corrected chi connectivity index (χ3v) is 3.86. The van der Waals surface area contributed by atoms with Gasteiger partial charge in [0.1, 0.15) is 0 Å². The molecule has 0 bridgehead atoms. The maximum Gasteiger partial charge on any atom is 0.311 e. The van der Waals surface area contributed by atoms with E-state index in [0.29, 0.717) is 17.4 Å². The maximum absolute atomic E-state index is 12.0. The fraction of sp³-hybridized carbons (Fsp3) is 0.500. The molecule has 0 saturated carbocycles. The summed E-state index contributed by atoms with van der Waals surface area (Å²) >= 11 is 1.33. The Labute approximate surface area is 122 Å². The first kappa shape index (κ1) is 14.7. The summed E-state index contributed by atoms with van der Waals surface area (Å²) in [6, 6.07) is 0. The van der Waals surface area contributed by atoms with E-state index in [2.05, 4.69) is 16.4 Å². The molecule has 1 aliphatic carbocycles. The smallest absolute Gasteiger partial charge is 0.311 e. The van der Waals surface area contributed by atoms with E-state index in [-0.39, 0.29) is 24.2 Å². The lowest BCUT2D eigenvalue weighted by molar-refractivity contribution is -0.142. The van der Waals surface area contributed by atoms with Crippen LogP contribution < -0.4 is 5.32 Å². The fourth-order valence-corrected chi connectivity index (χ4v) is 2.76. The topological polar surface area (TPSA) is 68.3 Å². The van der Waals surface area contributed by atoms with E-state index >= 15 is 0 Å². The van der Waals surface area contributed by atoms with Crippen LogP contribution in [-0.2, 0) is 20.7 Å². The summed E-state index contributed by atoms with van der Waals surface area (Å²) in [5.41, 5.74) is 0.632. The zero-order chi connectivity index (χ0) is 14.4. The number of carbonyl (C=O) groups is 2. The fourth-order valence-electron chi connectivity index (χ4n) is 2.04. The molecule has 0 radical (unpaired) electrons. The average molecular weight is 294 g/mol. The van der Waals surface area contributed by atoms with E-state index in [4.69, 9.17) is 4.74 Å². The third-order valence-electron chi connectivity index (χ3n) is 3.05. The van der Waals surface area contributed by atoms with Crippen molar-refractivity contribution in [3.05, 3.63) is 23.2 Å². The van der Waals surface area contributed by atoms with Crippen molar-refractivity contribution in [3.8, 4) is 0 Å². The van der Waals surface area contributed by atoms with Crippen LogP contribution in [0.25, 0.3) is 0 Å². The molecule has 0 unspecified atom stereocenters. The van der Waals surface area contributed by atoms with Gasteiger partial charge in [0.05, 0.1) is 18.7 Å². The van der Waals surface area contributed by atoms with Crippen LogP contribution in [0, 0.1) is 5.92 Å². The van der Waals surface area contributed by atoms with Gasteiger partial charge in [0.25, 0.3) is 0 Å². The second-order valence-corrected chi connectivity index (χ2v) is 5.45. The van der Waals surface area contributed by atoms with Gasteiger partial charge in [-0.05, 0) is 26.2 Å². The van der Waals surface area contributed by atoms with Crippen molar-refractivity contribution in [2.45, 2.75) is 32.6 Å². The Morgan fingerprint density at radius 3 is 3.05 bits per heavy atom. The van der Waals surface area contributed by atoms with Crippen molar-refractivity contribution in [3.63, 3.8) is 0 Å². The van der Waals surface area contributed by atoms with Crippen molar-refractivity contribution in [2.24, 2.45) is 5.92 Å². The highest BCUT2D eigenvalue weighted by molar-refractivity contribution is 7.13. The minimum absolute atomic E-state index is 0.00591. The summed E-state index contributed by atoms with van der Waals surface area (Å²) in [5, 5.41) is 5.14. The summed E-state index contributed by atoms with van der Waals surface area (Å²) in [6.07, 6.45) is 6.90. The lowest BCUT2D eigenvalue weighted by Crippen LogP contribution is -2.23. The number of carbonyl (C=O) groups excluding carboxylic acids is 2. The number of ether oxygens (including phenoxy) is 1. The number of hydrogen-bond donors (Lipinski definition) is 1. The first-order valence-corrected chi connectivity index (χ1v) is 7.63. The summed E-state index contributed by atoms with van der Waals surface area (Å²) in [4.78, 5) is 27.6. The van der Waals surface area contributed by atoms with E-state index in [1.54, 1.807) is 12.3 Å². The second kappa shape index (κ2) is 7.19. The lowest BCUT2D eigenvalue weighted by Gasteiger charge is -2.15. The van der Waals surface area contributed by atoms with Gasteiger partial charge in [-0.2, -0.15) is 0 Å². The number of thiazole rings is 1. The molecule has 1 N–H and O–H groups in total. The van der Waals surface area contributed by atoms with Crippen LogP contribution in [0.1, 0.15) is 31.9 Å².